The van der Waals surface area contributed by atoms with Crippen molar-refractivity contribution < 1.29 is 19.5 Å². The molecule has 36 heavy (non-hydrogen) atoms. The number of hydrogen-bond donors (Lipinski definition) is 4. The summed E-state index contributed by atoms with van der Waals surface area (Å²) in [5.74, 6) is -1.47. The SMILES string of the molecule is CN1CCc2nc(C(=O)N[C@@H]3CN(CCC(=O)O)C[C@H]3NC(=O)c3cc4cc(Cl)ccc4[nH]3)sc2C1. The number of likely N-dealkylation sites (tertiary alicyclic amines) is 1. The molecule has 2 atom stereocenters. The summed E-state index contributed by atoms with van der Waals surface area (Å²) in [7, 11) is 2.04. The second-order valence-corrected chi connectivity index (χ2v) is 10.9. The van der Waals surface area contributed by atoms with Gasteiger partial charge in [0.25, 0.3) is 11.8 Å². The number of hydrogen-bond acceptors (Lipinski definition) is 7. The number of thiazole rings is 1. The van der Waals surface area contributed by atoms with E-state index in [1.807, 2.05) is 18.0 Å². The highest BCUT2D eigenvalue weighted by molar-refractivity contribution is 7.13. The molecule has 2 aliphatic rings. The first kappa shape index (κ1) is 24.7. The number of carboxylic acid groups (broad SMARTS) is 1. The van der Waals surface area contributed by atoms with Crippen molar-refractivity contribution in [3.05, 3.63) is 50.6 Å². The van der Waals surface area contributed by atoms with Crippen molar-refractivity contribution in [1.29, 1.82) is 0 Å². The summed E-state index contributed by atoms with van der Waals surface area (Å²) < 4.78 is 0. The van der Waals surface area contributed by atoms with Crippen molar-refractivity contribution in [2.24, 2.45) is 0 Å². The summed E-state index contributed by atoms with van der Waals surface area (Å²) >= 11 is 7.46. The van der Waals surface area contributed by atoms with Crippen LogP contribution in [0.25, 0.3) is 10.9 Å². The molecular formula is C24H27ClN6O4S. The van der Waals surface area contributed by atoms with Gasteiger partial charge in [0.05, 0.1) is 24.2 Å². The topological polar surface area (TPSA) is 131 Å². The highest BCUT2D eigenvalue weighted by Crippen LogP contribution is 2.25. The van der Waals surface area contributed by atoms with Gasteiger partial charge in [-0.05, 0) is 31.3 Å². The highest BCUT2D eigenvalue weighted by Gasteiger charge is 2.36. The predicted octanol–water partition coefficient (Wildman–Crippen LogP) is 1.95. The van der Waals surface area contributed by atoms with E-state index in [4.69, 9.17) is 16.7 Å². The minimum atomic E-state index is -0.891. The van der Waals surface area contributed by atoms with Crippen LogP contribution in [0, 0.1) is 0 Å². The Morgan fingerprint density at radius 1 is 1.19 bits per heavy atom. The molecule has 0 unspecified atom stereocenters. The Morgan fingerprint density at radius 3 is 2.69 bits per heavy atom. The van der Waals surface area contributed by atoms with Gasteiger partial charge in [0.1, 0.15) is 5.69 Å². The Morgan fingerprint density at radius 2 is 1.94 bits per heavy atom. The number of carboxylic acids is 1. The van der Waals surface area contributed by atoms with Gasteiger partial charge in [0.2, 0.25) is 0 Å². The molecule has 0 spiro atoms. The fourth-order valence-electron chi connectivity index (χ4n) is 4.74. The number of fused-ring (bicyclic) bond motifs is 2. The molecule has 0 aliphatic carbocycles. The van der Waals surface area contributed by atoms with Crippen LogP contribution >= 0.6 is 22.9 Å². The first-order valence-electron chi connectivity index (χ1n) is 11.8. The summed E-state index contributed by atoms with van der Waals surface area (Å²) in [6, 6.07) is 6.29. The van der Waals surface area contributed by atoms with E-state index in [0.29, 0.717) is 35.4 Å². The van der Waals surface area contributed by atoms with E-state index in [-0.39, 0.29) is 18.2 Å². The Kier molecular flexibility index (Phi) is 6.98. The Bertz CT molecular complexity index is 1320. The number of H-pyrrole nitrogens is 1. The van der Waals surface area contributed by atoms with E-state index < -0.39 is 18.1 Å². The molecule has 1 fully saturated rings. The molecular weight excluding hydrogens is 504 g/mol. The zero-order chi connectivity index (χ0) is 25.4. The van der Waals surface area contributed by atoms with E-state index in [0.717, 1.165) is 41.0 Å². The smallest absolute Gasteiger partial charge is 0.304 e. The second kappa shape index (κ2) is 10.2. The maximum atomic E-state index is 13.1. The molecule has 4 N–H and O–H groups in total. The quantitative estimate of drug-likeness (QED) is 0.367. The summed E-state index contributed by atoms with van der Waals surface area (Å²) in [4.78, 5) is 50.2. The second-order valence-electron chi connectivity index (χ2n) is 9.35. The van der Waals surface area contributed by atoms with Gasteiger partial charge in [0, 0.05) is 59.9 Å². The van der Waals surface area contributed by atoms with Crippen molar-refractivity contribution in [1.82, 2.24) is 30.4 Å². The lowest BCUT2D eigenvalue weighted by atomic mass is 10.1. The summed E-state index contributed by atoms with van der Waals surface area (Å²) in [6.45, 7) is 2.88. The minimum absolute atomic E-state index is 0.0170. The van der Waals surface area contributed by atoms with Crippen LogP contribution in [0.5, 0.6) is 0 Å². The van der Waals surface area contributed by atoms with Crippen LogP contribution in [0.2, 0.25) is 5.02 Å². The predicted molar refractivity (Wildman–Crippen MR) is 137 cm³/mol. The fourth-order valence-corrected chi connectivity index (χ4v) is 6.01. The third kappa shape index (κ3) is 5.39. The monoisotopic (exact) mass is 530 g/mol. The fraction of sp³-hybridized carbons (Fsp3) is 0.417. The number of aliphatic carboxylic acids is 1. The zero-order valence-electron chi connectivity index (χ0n) is 19.7. The lowest BCUT2D eigenvalue weighted by Gasteiger charge is -2.20. The number of carbonyl (C=O) groups excluding carboxylic acids is 2. The largest absolute Gasteiger partial charge is 0.481 e. The third-order valence-corrected chi connectivity index (χ3v) is 7.93. The number of nitrogens with zero attached hydrogens (tertiary/aromatic N) is 3. The lowest BCUT2D eigenvalue weighted by molar-refractivity contribution is -0.137. The molecule has 1 saturated heterocycles. The van der Waals surface area contributed by atoms with Crippen molar-refractivity contribution in [3.63, 3.8) is 0 Å². The van der Waals surface area contributed by atoms with Crippen LogP contribution in [0.4, 0.5) is 0 Å². The van der Waals surface area contributed by atoms with Gasteiger partial charge in [-0.2, -0.15) is 0 Å². The number of amides is 2. The van der Waals surface area contributed by atoms with Crippen molar-refractivity contribution in [2.45, 2.75) is 31.5 Å². The zero-order valence-corrected chi connectivity index (χ0v) is 21.3. The third-order valence-electron chi connectivity index (χ3n) is 6.61. The van der Waals surface area contributed by atoms with Crippen molar-refractivity contribution in [2.75, 3.05) is 33.2 Å². The Hall–Kier alpha value is -2.99. The molecule has 0 bridgehead atoms. The molecule has 2 aromatic heterocycles. The summed E-state index contributed by atoms with van der Waals surface area (Å²) in [5, 5.41) is 17.0. The van der Waals surface area contributed by atoms with Crippen LogP contribution in [0.1, 0.15) is 37.3 Å². The van der Waals surface area contributed by atoms with E-state index >= 15 is 0 Å². The molecule has 5 rings (SSSR count). The molecule has 2 amide bonds. The molecule has 190 valence electrons. The number of carbonyl (C=O) groups is 3. The maximum Gasteiger partial charge on any atom is 0.304 e. The van der Waals surface area contributed by atoms with Gasteiger partial charge < -0.3 is 25.6 Å². The van der Waals surface area contributed by atoms with Crippen molar-refractivity contribution in [3.8, 4) is 0 Å². The van der Waals surface area contributed by atoms with Crippen molar-refractivity contribution >= 4 is 51.6 Å². The average Bonchev–Trinajstić information content (AvgIpc) is 3.54. The summed E-state index contributed by atoms with van der Waals surface area (Å²) in [5.41, 5.74) is 2.15. The number of benzene rings is 1. The van der Waals surface area contributed by atoms with E-state index in [1.54, 1.807) is 18.2 Å². The molecule has 10 nitrogen and oxygen atoms in total. The highest BCUT2D eigenvalue weighted by atomic mass is 35.5. The molecule has 3 aromatic rings. The molecule has 0 saturated carbocycles. The summed E-state index contributed by atoms with van der Waals surface area (Å²) in [6.07, 6.45) is 0.799. The molecule has 2 aliphatic heterocycles. The molecule has 12 heteroatoms. The van der Waals surface area contributed by atoms with Gasteiger partial charge in [-0.15, -0.1) is 11.3 Å². The van der Waals surface area contributed by atoms with E-state index in [2.05, 4.69) is 25.5 Å². The van der Waals surface area contributed by atoms with Gasteiger partial charge in [-0.3, -0.25) is 19.3 Å². The van der Waals surface area contributed by atoms with Gasteiger partial charge in [-0.1, -0.05) is 11.6 Å². The first-order valence-corrected chi connectivity index (χ1v) is 13.0. The Balaban J connectivity index is 1.30. The normalized spacial score (nSPS) is 20.4. The van der Waals surface area contributed by atoms with Gasteiger partial charge in [-0.25, -0.2) is 4.98 Å². The number of aromatic nitrogens is 2. The van der Waals surface area contributed by atoms with Crippen LogP contribution in [0.15, 0.2) is 24.3 Å². The van der Waals surface area contributed by atoms with Gasteiger partial charge in [0.15, 0.2) is 5.01 Å². The first-order chi connectivity index (χ1) is 17.2. The average molecular weight is 531 g/mol. The molecule has 4 heterocycles. The van der Waals surface area contributed by atoms with E-state index in [1.165, 1.54) is 11.3 Å². The maximum absolute atomic E-state index is 13.1. The van der Waals surface area contributed by atoms with E-state index in [9.17, 15) is 14.4 Å². The lowest BCUT2D eigenvalue weighted by Crippen LogP contribution is -2.51. The number of nitrogens with one attached hydrogen (secondary N) is 3. The molecule has 0 radical (unpaired) electrons. The Labute approximate surface area is 216 Å². The number of halogens is 1. The van der Waals surface area contributed by atoms with Crippen LogP contribution in [0.3, 0.4) is 0 Å². The minimum Gasteiger partial charge on any atom is -0.481 e. The van der Waals surface area contributed by atoms with Crippen LogP contribution in [-0.2, 0) is 17.8 Å². The number of aromatic amines is 1. The van der Waals surface area contributed by atoms with Gasteiger partial charge >= 0.3 is 5.97 Å². The number of likely N-dealkylation sites (N-methyl/N-ethyl adjacent to an activating group) is 1. The molecule has 1 aromatic carbocycles. The standard InChI is InChI=1S/C24H27ClN6O4S/c1-30-6-4-16-20(12-30)36-24(29-16)23(35)28-19-11-31(7-5-21(32)33)10-18(19)27-22(34)17-9-13-8-14(25)2-3-15(13)26-17/h2-3,8-9,18-19,26H,4-7,10-12H2,1H3,(H,27,34)(H,28,35)(H,32,33)/t18-,19-/m1/s1. The van der Waals surface area contributed by atoms with Crippen LogP contribution < -0.4 is 10.6 Å². The number of rotatable bonds is 7. The van der Waals surface area contributed by atoms with Crippen LogP contribution in [-0.4, -0.2) is 88.0 Å².